The lowest BCUT2D eigenvalue weighted by atomic mass is 10.1. The first kappa shape index (κ1) is 16.0. The Kier molecular flexibility index (Phi) is 5.37. The van der Waals surface area contributed by atoms with Crippen molar-refractivity contribution < 1.29 is 9.15 Å². The van der Waals surface area contributed by atoms with Crippen molar-refractivity contribution in [2.75, 3.05) is 7.11 Å². The van der Waals surface area contributed by atoms with Gasteiger partial charge >= 0.3 is 0 Å². The maximum absolute atomic E-state index is 5.85. The highest BCUT2D eigenvalue weighted by atomic mass is 32.2. The van der Waals surface area contributed by atoms with Crippen molar-refractivity contribution in [3.8, 4) is 5.75 Å². The second-order valence-electron chi connectivity index (χ2n) is 5.91. The van der Waals surface area contributed by atoms with Crippen LogP contribution in [0.1, 0.15) is 32.3 Å². The number of nitrogens with one attached hydrogen (secondary N) is 1. The van der Waals surface area contributed by atoms with Gasteiger partial charge in [0.1, 0.15) is 17.3 Å². The summed E-state index contributed by atoms with van der Waals surface area (Å²) in [4.78, 5) is 1.13. The molecule has 0 bridgehead atoms. The minimum atomic E-state index is 0.0963. The Morgan fingerprint density at radius 2 is 1.81 bits per heavy atom. The summed E-state index contributed by atoms with van der Waals surface area (Å²) in [7, 11) is 1.70. The van der Waals surface area contributed by atoms with Gasteiger partial charge in [0.25, 0.3) is 0 Å². The van der Waals surface area contributed by atoms with Gasteiger partial charge in [0.05, 0.1) is 19.4 Å². The minimum Gasteiger partial charge on any atom is -0.496 e. The third-order valence-electron chi connectivity index (χ3n) is 2.95. The third kappa shape index (κ3) is 5.14. The average molecular weight is 305 g/mol. The molecule has 0 aliphatic heterocycles. The first-order valence-electron chi connectivity index (χ1n) is 7.06. The number of para-hydroxylation sites is 1. The molecule has 0 aliphatic rings. The summed E-state index contributed by atoms with van der Waals surface area (Å²) in [6.07, 6.45) is 0. The van der Waals surface area contributed by atoms with Crippen LogP contribution in [-0.4, -0.2) is 12.6 Å². The lowest BCUT2D eigenvalue weighted by Crippen LogP contribution is -2.34. The van der Waals surface area contributed by atoms with E-state index in [4.69, 9.17) is 9.15 Å². The van der Waals surface area contributed by atoms with Crippen LogP contribution in [-0.2, 0) is 12.3 Å². The highest BCUT2D eigenvalue weighted by Gasteiger charge is 2.11. The van der Waals surface area contributed by atoms with Crippen LogP contribution in [0.4, 0.5) is 0 Å². The molecule has 3 nitrogen and oxygen atoms in total. The van der Waals surface area contributed by atoms with E-state index in [9.17, 15) is 0 Å². The molecule has 0 unspecified atom stereocenters. The third-order valence-corrected chi connectivity index (χ3v) is 4.03. The molecular weight excluding hydrogens is 282 g/mol. The van der Waals surface area contributed by atoms with E-state index in [1.807, 2.05) is 30.3 Å². The summed E-state index contributed by atoms with van der Waals surface area (Å²) in [5, 5.41) is 3.42. The summed E-state index contributed by atoms with van der Waals surface area (Å²) in [5.41, 5.74) is 0.0963. The fraction of sp³-hybridized carbons (Fsp3) is 0.412. The number of ether oxygens (including phenoxy) is 1. The zero-order valence-electron chi connectivity index (χ0n) is 13.1. The van der Waals surface area contributed by atoms with E-state index in [0.717, 1.165) is 34.5 Å². The average Bonchev–Trinajstić information content (AvgIpc) is 2.90. The molecule has 0 amide bonds. The van der Waals surface area contributed by atoms with Gasteiger partial charge in [0.2, 0.25) is 0 Å². The summed E-state index contributed by atoms with van der Waals surface area (Å²) in [5.74, 6) is 3.66. The van der Waals surface area contributed by atoms with Crippen molar-refractivity contribution in [2.24, 2.45) is 0 Å². The monoisotopic (exact) mass is 305 g/mol. The molecule has 2 rings (SSSR count). The van der Waals surface area contributed by atoms with Crippen molar-refractivity contribution in [1.82, 2.24) is 5.32 Å². The van der Waals surface area contributed by atoms with Crippen LogP contribution < -0.4 is 10.1 Å². The molecule has 0 spiro atoms. The van der Waals surface area contributed by atoms with Crippen LogP contribution in [0.5, 0.6) is 5.75 Å². The molecule has 1 heterocycles. The van der Waals surface area contributed by atoms with Gasteiger partial charge in [-0.15, -0.1) is 11.8 Å². The Balaban J connectivity index is 1.91. The molecule has 1 N–H and O–H groups in total. The standard InChI is InChI=1S/C17H23NO2S/c1-17(2,3)18-11-13-9-10-14(20-13)12-21-16-8-6-5-7-15(16)19-4/h5-10,18H,11-12H2,1-4H3. The number of benzene rings is 1. The van der Waals surface area contributed by atoms with Crippen LogP contribution in [0, 0.1) is 0 Å². The maximum atomic E-state index is 5.85. The second-order valence-corrected chi connectivity index (χ2v) is 6.93. The van der Waals surface area contributed by atoms with E-state index in [2.05, 4.69) is 32.2 Å². The Bertz CT molecular complexity index is 572. The fourth-order valence-corrected chi connectivity index (χ4v) is 2.76. The summed E-state index contributed by atoms with van der Waals surface area (Å²) in [6, 6.07) is 12.1. The molecule has 0 saturated carbocycles. The quantitative estimate of drug-likeness (QED) is 0.799. The number of hydrogen-bond donors (Lipinski definition) is 1. The summed E-state index contributed by atoms with van der Waals surface area (Å²) in [6.45, 7) is 7.19. The number of rotatable bonds is 6. The summed E-state index contributed by atoms with van der Waals surface area (Å²) >= 11 is 1.72. The molecule has 0 saturated heterocycles. The molecule has 4 heteroatoms. The number of furan rings is 1. The molecule has 0 aliphatic carbocycles. The molecule has 114 valence electrons. The van der Waals surface area contributed by atoms with Gasteiger partial charge in [-0.05, 0) is 45.0 Å². The van der Waals surface area contributed by atoms with Gasteiger partial charge < -0.3 is 14.5 Å². The molecular formula is C17H23NO2S. The van der Waals surface area contributed by atoms with Gasteiger partial charge in [-0.3, -0.25) is 0 Å². The van der Waals surface area contributed by atoms with Crippen LogP contribution in [0.25, 0.3) is 0 Å². The van der Waals surface area contributed by atoms with E-state index in [1.54, 1.807) is 18.9 Å². The molecule has 0 fully saturated rings. The molecule has 2 aromatic rings. The van der Waals surface area contributed by atoms with Gasteiger partial charge in [0.15, 0.2) is 0 Å². The Morgan fingerprint density at radius 1 is 1.10 bits per heavy atom. The van der Waals surface area contributed by atoms with Gasteiger partial charge in [-0.25, -0.2) is 0 Å². The molecule has 0 radical (unpaired) electrons. The number of thioether (sulfide) groups is 1. The topological polar surface area (TPSA) is 34.4 Å². The zero-order valence-corrected chi connectivity index (χ0v) is 13.9. The second kappa shape index (κ2) is 7.05. The lowest BCUT2D eigenvalue weighted by Gasteiger charge is -2.19. The van der Waals surface area contributed by atoms with Gasteiger partial charge in [-0.1, -0.05) is 12.1 Å². The lowest BCUT2D eigenvalue weighted by molar-refractivity contribution is 0.382. The highest BCUT2D eigenvalue weighted by molar-refractivity contribution is 7.98. The molecule has 1 aromatic heterocycles. The van der Waals surface area contributed by atoms with Crippen LogP contribution >= 0.6 is 11.8 Å². The van der Waals surface area contributed by atoms with Crippen molar-refractivity contribution >= 4 is 11.8 Å². The van der Waals surface area contributed by atoms with Crippen molar-refractivity contribution in [2.45, 2.75) is 43.5 Å². The zero-order chi connectivity index (χ0) is 15.3. The van der Waals surface area contributed by atoms with E-state index >= 15 is 0 Å². The van der Waals surface area contributed by atoms with Gasteiger partial charge in [-0.2, -0.15) is 0 Å². The van der Waals surface area contributed by atoms with E-state index in [1.165, 1.54) is 0 Å². The highest BCUT2D eigenvalue weighted by Crippen LogP contribution is 2.31. The Hall–Kier alpha value is -1.39. The first-order chi connectivity index (χ1) is 9.98. The first-order valence-corrected chi connectivity index (χ1v) is 8.05. The normalized spacial score (nSPS) is 11.6. The predicted molar refractivity (Wildman–Crippen MR) is 87.9 cm³/mol. The van der Waals surface area contributed by atoms with E-state index in [0.29, 0.717) is 0 Å². The molecule has 21 heavy (non-hydrogen) atoms. The van der Waals surface area contributed by atoms with Crippen molar-refractivity contribution in [3.63, 3.8) is 0 Å². The van der Waals surface area contributed by atoms with Gasteiger partial charge in [0, 0.05) is 10.4 Å². The summed E-state index contributed by atoms with van der Waals surface area (Å²) < 4.78 is 11.2. The SMILES string of the molecule is COc1ccccc1SCc1ccc(CNC(C)(C)C)o1. The molecule has 1 aromatic carbocycles. The van der Waals surface area contributed by atoms with E-state index in [-0.39, 0.29) is 5.54 Å². The fourth-order valence-electron chi connectivity index (χ4n) is 1.83. The van der Waals surface area contributed by atoms with E-state index < -0.39 is 0 Å². The van der Waals surface area contributed by atoms with Crippen LogP contribution in [0.2, 0.25) is 0 Å². The predicted octanol–water partition coefficient (Wildman–Crippen LogP) is 4.47. The van der Waals surface area contributed by atoms with Crippen molar-refractivity contribution in [3.05, 3.63) is 47.9 Å². The Morgan fingerprint density at radius 3 is 2.52 bits per heavy atom. The minimum absolute atomic E-state index is 0.0963. The number of methoxy groups -OCH3 is 1. The van der Waals surface area contributed by atoms with Crippen LogP contribution in [0.3, 0.4) is 0 Å². The number of hydrogen-bond acceptors (Lipinski definition) is 4. The smallest absolute Gasteiger partial charge is 0.132 e. The van der Waals surface area contributed by atoms with Crippen LogP contribution in [0.15, 0.2) is 45.7 Å². The largest absolute Gasteiger partial charge is 0.496 e. The molecule has 0 atom stereocenters. The maximum Gasteiger partial charge on any atom is 0.132 e. The Labute approximate surface area is 131 Å². The van der Waals surface area contributed by atoms with Crippen molar-refractivity contribution in [1.29, 1.82) is 0 Å².